The molecule has 0 fully saturated rings. The molecule has 0 heterocycles. The van der Waals surface area contributed by atoms with Crippen LogP contribution in [0.4, 0.5) is 0 Å². The van der Waals surface area contributed by atoms with Crippen molar-refractivity contribution in [1.29, 1.82) is 0 Å². The van der Waals surface area contributed by atoms with Crippen LogP contribution in [0.1, 0.15) is 20.8 Å². The normalized spacial score (nSPS) is 16.5. The third kappa shape index (κ3) is 4.70. The Morgan fingerprint density at radius 2 is 1.92 bits per heavy atom. The largest absolute Gasteiger partial charge is 0.395 e. The van der Waals surface area contributed by atoms with Gasteiger partial charge in [-0.15, -0.1) is 0 Å². The Kier molecular flexibility index (Phi) is 6.34. The third-order valence-corrected chi connectivity index (χ3v) is 1.92. The number of aliphatic hydroxyl groups is 1. The molecule has 1 unspecified atom stereocenters. The lowest BCUT2D eigenvalue weighted by atomic mass is 10.0. The summed E-state index contributed by atoms with van der Waals surface area (Å²) in [5.74, 6) is 0.527. The van der Waals surface area contributed by atoms with E-state index in [0.29, 0.717) is 18.6 Å². The summed E-state index contributed by atoms with van der Waals surface area (Å²) >= 11 is 0. The molecule has 0 aromatic carbocycles. The molecule has 2 atom stereocenters. The maximum atomic E-state index is 8.83. The van der Waals surface area contributed by atoms with Crippen molar-refractivity contribution < 1.29 is 9.84 Å². The van der Waals surface area contributed by atoms with Gasteiger partial charge >= 0.3 is 0 Å². The van der Waals surface area contributed by atoms with Gasteiger partial charge in [0, 0.05) is 19.2 Å². The van der Waals surface area contributed by atoms with Crippen LogP contribution >= 0.6 is 0 Å². The zero-order valence-corrected chi connectivity index (χ0v) is 8.50. The average Bonchev–Trinajstić information content (AvgIpc) is 2.03. The summed E-state index contributed by atoms with van der Waals surface area (Å²) in [6.45, 7) is 7.11. The molecule has 12 heavy (non-hydrogen) atoms. The molecular formula is C9H21NO2. The van der Waals surface area contributed by atoms with Crippen LogP contribution in [-0.4, -0.2) is 37.5 Å². The van der Waals surface area contributed by atoms with E-state index in [-0.39, 0.29) is 12.6 Å². The minimum atomic E-state index is 0.146. The van der Waals surface area contributed by atoms with Crippen molar-refractivity contribution in [2.24, 2.45) is 5.92 Å². The minimum Gasteiger partial charge on any atom is -0.395 e. The first-order valence-corrected chi connectivity index (χ1v) is 4.47. The first kappa shape index (κ1) is 11.9. The number of rotatable bonds is 6. The Morgan fingerprint density at radius 1 is 1.33 bits per heavy atom. The summed E-state index contributed by atoms with van der Waals surface area (Å²) < 4.78 is 5.07. The number of aliphatic hydroxyl groups excluding tert-OH is 1. The molecule has 0 saturated heterocycles. The van der Waals surface area contributed by atoms with Gasteiger partial charge in [-0.2, -0.15) is 0 Å². The molecule has 0 radical (unpaired) electrons. The predicted octanol–water partition coefficient (Wildman–Crippen LogP) is 0.628. The molecule has 0 aromatic heterocycles. The molecular weight excluding hydrogens is 154 g/mol. The van der Waals surface area contributed by atoms with Gasteiger partial charge in [0.25, 0.3) is 0 Å². The number of nitrogens with one attached hydrogen (secondary N) is 1. The van der Waals surface area contributed by atoms with E-state index in [1.54, 1.807) is 7.11 Å². The van der Waals surface area contributed by atoms with E-state index < -0.39 is 0 Å². The average molecular weight is 175 g/mol. The summed E-state index contributed by atoms with van der Waals surface area (Å²) in [5.41, 5.74) is 0. The van der Waals surface area contributed by atoms with E-state index in [1.165, 1.54) is 0 Å². The fourth-order valence-corrected chi connectivity index (χ4v) is 1.03. The van der Waals surface area contributed by atoms with Crippen LogP contribution in [0.2, 0.25) is 0 Å². The second-order valence-electron chi connectivity index (χ2n) is 3.56. The molecule has 0 aliphatic heterocycles. The van der Waals surface area contributed by atoms with Crippen molar-refractivity contribution in [2.45, 2.75) is 32.9 Å². The van der Waals surface area contributed by atoms with Gasteiger partial charge in [-0.25, -0.2) is 0 Å². The zero-order valence-electron chi connectivity index (χ0n) is 8.50. The second-order valence-corrected chi connectivity index (χ2v) is 3.56. The molecule has 3 nitrogen and oxygen atoms in total. The van der Waals surface area contributed by atoms with Crippen molar-refractivity contribution in [2.75, 3.05) is 20.3 Å². The van der Waals surface area contributed by atoms with E-state index in [0.717, 1.165) is 0 Å². The number of methoxy groups -OCH3 is 1. The quantitative estimate of drug-likeness (QED) is 0.622. The molecule has 0 bridgehead atoms. The molecule has 0 aliphatic rings. The lowest BCUT2D eigenvalue weighted by Gasteiger charge is -2.24. The summed E-state index contributed by atoms with van der Waals surface area (Å²) in [4.78, 5) is 0. The van der Waals surface area contributed by atoms with E-state index >= 15 is 0 Å². The van der Waals surface area contributed by atoms with Gasteiger partial charge in [0.15, 0.2) is 0 Å². The molecule has 0 rings (SSSR count). The first-order valence-electron chi connectivity index (χ1n) is 4.47. The monoisotopic (exact) mass is 175 g/mol. The minimum absolute atomic E-state index is 0.146. The van der Waals surface area contributed by atoms with Crippen LogP contribution in [0.5, 0.6) is 0 Å². The molecule has 0 spiro atoms. The van der Waals surface area contributed by atoms with Crippen molar-refractivity contribution in [1.82, 2.24) is 5.32 Å². The van der Waals surface area contributed by atoms with Crippen molar-refractivity contribution in [3.05, 3.63) is 0 Å². The first-order chi connectivity index (χ1) is 5.61. The summed E-state index contributed by atoms with van der Waals surface area (Å²) in [5, 5.41) is 12.1. The van der Waals surface area contributed by atoms with E-state index in [4.69, 9.17) is 9.84 Å². The van der Waals surface area contributed by atoms with E-state index in [9.17, 15) is 0 Å². The van der Waals surface area contributed by atoms with Gasteiger partial charge in [0.05, 0.1) is 13.2 Å². The highest BCUT2D eigenvalue weighted by Crippen LogP contribution is 2.02. The SMILES string of the molecule is COCC(N[C@H](C)CO)C(C)C. The van der Waals surface area contributed by atoms with Crippen LogP contribution in [0.15, 0.2) is 0 Å². The van der Waals surface area contributed by atoms with Gasteiger partial charge < -0.3 is 15.2 Å². The van der Waals surface area contributed by atoms with Crippen LogP contribution in [0, 0.1) is 5.92 Å². The Bertz CT molecular complexity index is 107. The lowest BCUT2D eigenvalue weighted by Crippen LogP contribution is -2.44. The van der Waals surface area contributed by atoms with E-state index in [2.05, 4.69) is 19.2 Å². The topological polar surface area (TPSA) is 41.5 Å². The fraction of sp³-hybridized carbons (Fsp3) is 1.00. The van der Waals surface area contributed by atoms with Crippen LogP contribution in [0.3, 0.4) is 0 Å². The standard InChI is InChI=1S/C9H21NO2/c1-7(2)9(6-12-4)10-8(3)5-11/h7-11H,5-6H2,1-4H3/t8-,9?/m1/s1. The zero-order chi connectivity index (χ0) is 9.56. The summed E-state index contributed by atoms with van der Waals surface area (Å²) in [6.07, 6.45) is 0. The molecule has 0 aliphatic carbocycles. The maximum absolute atomic E-state index is 8.83. The van der Waals surface area contributed by atoms with Crippen molar-refractivity contribution in [3.8, 4) is 0 Å². The van der Waals surface area contributed by atoms with Crippen LogP contribution < -0.4 is 5.32 Å². The predicted molar refractivity (Wildman–Crippen MR) is 50.2 cm³/mol. The Labute approximate surface area is 75.1 Å². The lowest BCUT2D eigenvalue weighted by molar-refractivity contribution is 0.132. The molecule has 0 saturated carbocycles. The molecule has 74 valence electrons. The van der Waals surface area contributed by atoms with Crippen molar-refractivity contribution in [3.63, 3.8) is 0 Å². The number of hydrogen-bond donors (Lipinski definition) is 2. The molecule has 3 heteroatoms. The smallest absolute Gasteiger partial charge is 0.0618 e. The summed E-state index contributed by atoms with van der Waals surface area (Å²) in [6, 6.07) is 0.477. The third-order valence-electron chi connectivity index (χ3n) is 1.92. The highest BCUT2D eigenvalue weighted by molar-refractivity contribution is 4.73. The van der Waals surface area contributed by atoms with Crippen molar-refractivity contribution >= 4 is 0 Å². The highest BCUT2D eigenvalue weighted by Gasteiger charge is 2.14. The maximum Gasteiger partial charge on any atom is 0.0618 e. The summed E-state index contributed by atoms with van der Waals surface area (Å²) in [7, 11) is 1.70. The van der Waals surface area contributed by atoms with Gasteiger partial charge in [-0.05, 0) is 12.8 Å². The van der Waals surface area contributed by atoms with Gasteiger partial charge in [-0.1, -0.05) is 13.8 Å². The molecule has 2 N–H and O–H groups in total. The van der Waals surface area contributed by atoms with Gasteiger partial charge in [0.1, 0.15) is 0 Å². The van der Waals surface area contributed by atoms with Crippen LogP contribution in [0.25, 0.3) is 0 Å². The van der Waals surface area contributed by atoms with E-state index in [1.807, 2.05) is 6.92 Å². The number of hydrogen-bond acceptors (Lipinski definition) is 3. The number of ether oxygens (including phenoxy) is 1. The Balaban J connectivity index is 3.77. The molecule has 0 aromatic rings. The van der Waals surface area contributed by atoms with Gasteiger partial charge in [-0.3, -0.25) is 0 Å². The Hall–Kier alpha value is -0.120. The Morgan fingerprint density at radius 3 is 2.25 bits per heavy atom. The fourth-order valence-electron chi connectivity index (χ4n) is 1.03. The second kappa shape index (κ2) is 6.40. The molecule has 0 amide bonds. The highest BCUT2D eigenvalue weighted by atomic mass is 16.5. The van der Waals surface area contributed by atoms with Crippen LogP contribution in [-0.2, 0) is 4.74 Å². The van der Waals surface area contributed by atoms with Gasteiger partial charge in [0.2, 0.25) is 0 Å².